The number of rotatable bonds is 8. The monoisotopic (exact) mass is 1120 g/mol. The Labute approximate surface area is 412 Å². The van der Waals surface area contributed by atoms with Gasteiger partial charge in [-0.15, -0.1) is 17.7 Å². The summed E-state index contributed by atoms with van der Waals surface area (Å²) >= 11 is -1.86. The quantitative estimate of drug-likeness (QED) is 0.112. The van der Waals surface area contributed by atoms with Crippen molar-refractivity contribution in [3.8, 4) is 50.6 Å². The molecule has 0 aliphatic rings. The van der Waals surface area contributed by atoms with E-state index in [0.717, 1.165) is 95.7 Å². The van der Waals surface area contributed by atoms with Crippen molar-refractivity contribution in [3.05, 3.63) is 186 Å². The molecule has 0 atom stereocenters. The van der Waals surface area contributed by atoms with Gasteiger partial charge in [0.1, 0.15) is 0 Å². The van der Waals surface area contributed by atoms with Crippen LogP contribution in [0, 0.1) is 31.9 Å². The van der Waals surface area contributed by atoms with E-state index in [0.29, 0.717) is 11.6 Å². The Hall–Kier alpha value is -5.92. The van der Waals surface area contributed by atoms with Gasteiger partial charge in [0.15, 0.2) is 0 Å². The van der Waals surface area contributed by atoms with Crippen molar-refractivity contribution in [1.29, 1.82) is 0 Å². The number of benzene rings is 6. The third-order valence-corrected chi connectivity index (χ3v) is 16.6. The molecular formula is C60H58GeIrN4O-2. The summed E-state index contributed by atoms with van der Waals surface area (Å²) < 4.78 is 10.4. The zero-order chi connectivity index (χ0) is 46.3. The number of para-hydroxylation sites is 2. The molecule has 0 bridgehead atoms. The molecule has 6 aromatic carbocycles. The van der Waals surface area contributed by atoms with Gasteiger partial charge in [-0.1, -0.05) is 111 Å². The Bertz CT molecular complexity index is 3280. The van der Waals surface area contributed by atoms with Crippen LogP contribution in [0.4, 0.5) is 0 Å². The maximum Gasteiger partial charge on any atom is 0.216 e. The largest absolute Gasteiger partial charge is 0.486 e. The van der Waals surface area contributed by atoms with Crippen molar-refractivity contribution >= 4 is 50.8 Å². The standard InChI is InChI=1S/C42H34N3O.C18H24GeN.Ir/c1-26-20-22-32(39-37(26)31-23-21-27(2)43-41(31)46-39)40-44-35-18-12-13-19-36(35)45(40)38-33(28-14-8-6-9-15-28)24-30(42(3,4)5)25-34(38)29-16-10-7-11-17-29;1-14(2)11-16-12-18(15-9-7-6-8-10-15)20-13-17(16)19(3,4)5;/h6-21,23-25H,1-5H3;6-9,12-14H,11H2,1-5H3;/q2*-1;. The molecule has 67 heavy (non-hydrogen) atoms. The Morgan fingerprint density at radius 2 is 1.37 bits per heavy atom. The Kier molecular flexibility index (Phi) is 13.7. The van der Waals surface area contributed by atoms with Crippen LogP contribution in [0.5, 0.6) is 0 Å². The predicted molar refractivity (Wildman–Crippen MR) is 279 cm³/mol. The van der Waals surface area contributed by atoms with Gasteiger partial charge in [-0.2, -0.15) is 0 Å². The zero-order valence-electron chi connectivity index (χ0n) is 40.2. The summed E-state index contributed by atoms with van der Waals surface area (Å²) in [5.74, 6) is 8.77. The van der Waals surface area contributed by atoms with E-state index in [4.69, 9.17) is 19.4 Å². The molecule has 0 saturated heterocycles. The first-order chi connectivity index (χ1) is 31.7. The molecule has 0 saturated carbocycles. The Morgan fingerprint density at radius 1 is 0.731 bits per heavy atom. The summed E-state index contributed by atoms with van der Waals surface area (Å²) in [5, 5.41) is 2.05. The van der Waals surface area contributed by atoms with Gasteiger partial charge in [0.25, 0.3) is 0 Å². The van der Waals surface area contributed by atoms with Gasteiger partial charge in [-0.3, -0.25) is 4.98 Å². The number of imidazole rings is 1. The van der Waals surface area contributed by atoms with E-state index in [1.807, 2.05) is 37.3 Å². The maximum atomic E-state index is 6.58. The number of hydrogen-bond acceptors (Lipinski definition) is 4. The molecule has 0 unspecified atom stereocenters. The molecule has 0 spiro atoms. The smallest absolute Gasteiger partial charge is 0.216 e. The molecule has 0 fully saturated rings. The van der Waals surface area contributed by atoms with Crippen LogP contribution >= 0.6 is 0 Å². The third-order valence-electron chi connectivity index (χ3n) is 12.3. The first-order valence-corrected chi connectivity index (χ1v) is 30.4. The van der Waals surface area contributed by atoms with Crippen LogP contribution in [-0.2, 0) is 31.9 Å². The Morgan fingerprint density at radius 3 is 1.99 bits per heavy atom. The number of furan rings is 1. The van der Waals surface area contributed by atoms with Crippen molar-refractivity contribution in [2.45, 2.75) is 77.6 Å². The van der Waals surface area contributed by atoms with Crippen molar-refractivity contribution in [1.82, 2.24) is 19.5 Å². The van der Waals surface area contributed by atoms with Crippen molar-refractivity contribution < 1.29 is 24.5 Å². The predicted octanol–water partition coefficient (Wildman–Crippen LogP) is 15.3. The van der Waals surface area contributed by atoms with E-state index in [1.165, 1.54) is 11.1 Å². The van der Waals surface area contributed by atoms with Crippen LogP contribution in [0.25, 0.3) is 83.7 Å². The fourth-order valence-electron chi connectivity index (χ4n) is 9.01. The topological polar surface area (TPSA) is 56.7 Å². The van der Waals surface area contributed by atoms with E-state index >= 15 is 0 Å². The molecule has 0 N–H and O–H groups in total. The normalized spacial score (nSPS) is 11.8. The molecule has 5 nitrogen and oxygen atoms in total. The van der Waals surface area contributed by atoms with Crippen LogP contribution in [0.3, 0.4) is 0 Å². The van der Waals surface area contributed by atoms with Gasteiger partial charge in [-0.05, 0) is 65.4 Å². The van der Waals surface area contributed by atoms with Crippen LogP contribution < -0.4 is 4.40 Å². The number of pyridine rings is 2. The minimum Gasteiger partial charge on any atom is -0.486 e. The van der Waals surface area contributed by atoms with Crippen molar-refractivity contribution in [3.63, 3.8) is 0 Å². The summed E-state index contributed by atoms with van der Waals surface area (Å²) in [6, 6.07) is 57.9. The summed E-state index contributed by atoms with van der Waals surface area (Å²) in [6.45, 7) is 15.5. The second-order valence-corrected chi connectivity index (χ2v) is 30.5. The van der Waals surface area contributed by atoms with E-state index in [-0.39, 0.29) is 25.5 Å². The first kappa shape index (κ1) is 47.6. The second-order valence-electron chi connectivity index (χ2n) is 20.0. The molecule has 1 radical (unpaired) electrons. The molecule has 4 heterocycles. The number of nitrogens with zero attached hydrogens (tertiary/aromatic N) is 4. The molecule has 0 aliphatic carbocycles. The van der Waals surface area contributed by atoms with Gasteiger partial charge in [0.05, 0.1) is 28.1 Å². The number of aromatic nitrogens is 4. The second kappa shape index (κ2) is 19.4. The average molecular weight is 1120 g/mol. The molecular weight excluding hydrogens is 1060 g/mol. The first-order valence-electron chi connectivity index (χ1n) is 23.1. The van der Waals surface area contributed by atoms with Crippen molar-refractivity contribution in [2.24, 2.45) is 5.92 Å². The van der Waals surface area contributed by atoms with Gasteiger partial charge in [-0.25, -0.2) is 4.98 Å². The maximum absolute atomic E-state index is 6.58. The fraction of sp³-hybridized carbons (Fsp3) is 0.217. The molecule has 7 heteroatoms. The molecule has 10 aromatic rings. The number of aryl methyl sites for hydroxylation is 2. The minimum absolute atomic E-state index is 0. The molecule has 10 rings (SSSR count). The molecule has 0 aliphatic heterocycles. The van der Waals surface area contributed by atoms with Gasteiger partial charge in [0.2, 0.25) is 5.71 Å². The van der Waals surface area contributed by atoms with Crippen molar-refractivity contribution in [2.75, 3.05) is 0 Å². The molecule has 4 aromatic heterocycles. The zero-order valence-corrected chi connectivity index (χ0v) is 44.7. The summed E-state index contributed by atoms with van der Waals surface area (Å²) in [4.78, 5) is 14.8. The number of hydrogen-bond donors (Lipinski definition) is 0. The fourth-order valence-corrected chi connectivity index (χ4v) is 12.3. The number of fused-ring (bicyclic) bond motifs is 4. The van der Waals surface area contributed by atoms with Crippen LogP contribution in [0.1, 0.15) is 57.0 Å². The van der Waals surface area contributed by atoms with Gasteiger partial charge < -0.3 is 8.98 Å². The SMILES string of the molecule is CC(C)Cc1cc(-c2[c-]cccc2)nc[c]1[Ge]([CH3])([CH3])[CH3].Cc1ccc2c(n1)oc1c(-c3nc4ccccc4n3-c3c(-c4ccccc4)cc(C(C)(C)C)cc3-c3ccccc3)[c-]cc(C)c12.[Ir]. The van der Waals surface area contributed by atoms with E-state index in [9.17, 15) is 0 Å². The Balaban J connectivity index is 0.000000244. The summed E-state index contributed by atoms with van der Waals surface area (Å²) in [5.41, 5.74) is 16.6. The van der Waals surface area contributed by atoms with Crippen LogP contribution in [0.15, 0.2) is 156 Å². The van der Waals surface area contributed by atoms with E-state index in [2.05, 4.69) is 197 Å². The summed E-state index contributed by atoms with van der Waals surface area (Å²) in [7, 11) is 0. The van der Waals surface area contributed by atoms with Gasteiger partial charge >= 0.3 is 126 Å². The minimum atomic E-state index is -1.86. The van der Waals surface area contributed by atoms with Gasteiger partial charge in [0, 0.05) is 42.3 Å². The third kappa shape index (κ3) is 9.76. The molecule has 339 valence electrons. The average Bonchev–Trinajstić information content (AvgIpc) is 3.88. The van der Waals surface area contributed by atoms with Crippen LogP contribution in [0.2, 0.25) is 17.3 Å². The van der Waals surface area contributed by atoms with Crippen LogP contribution in [-0.4, -0.2) is 32.8 Å². The molecule has 0 amide bonds. The van der Waals surface area contributed by atoms with E-state index < -0.39 is 13.3 Å². The van der Waals surface area contributed by atoms with E-state index in [1.54, 1.807) is 4.40 Å². The summed E-state index contributed by atoms with van der Waals surface area (Å²) in [6.07, 6.45) is 3.27.